The molecule has 0 amide bonds. The van der Waals surface area contributed by atoms with Crippen LogP contribution < -0.4 is 0 Å². The maximum atomic E-state index is 12.4. The predicted molar refractivity (Wildman–Crippen MR) is 393 cm³/mol. The van der Waals surface area contributed by atoms with Crippen LogP contribution in [0.15, 0.2) is 48.5 Å². The fourth-order valence-electron chi connectivity index (χ4n) is 16.5. The maximum absolute atomic E-state index is 12.4. The molecule has 8 saturated carbocycles. The first-order valence-corrected chi connectivity index (χ1v) is 39.1. The van der Waals surface area contributed by atoms with Gasteiger partial charge in [-0.2, -0.15) is 0 Å². The summed E-state index contributed by atoms with van der Waals surface area (Å²) >= 11 is 0. The van der Waals surface area contributed by atoms with Crippen LogP contribution in [-0.2, 0) is 100 Å². The Morgan fingerprint density at radius 2 is 0.738 bits per heavy atom. The van der Waals surface area contributed by atoms with Gasteiger partial charge >= 0.3 is 47.8 Å². The molecule has 10 aliphatic carbocycles. The Kier molecular flexibility index (Phi) is 26.8. The molecule has 12 aliphatic rings. The molecular formula is C85H130O18. The van der Waals surface area contributed by atoms with Crippen LogP contribution in [0.5, 0.6) is 0 Å². The molecule has 578 valence electrons. The van der Waals surface area contributed by atoms with Crippen LogP contribution in [-0.4, -0.2) is 106 Å². The average molecular weight is 1440 g/mol. The molecule has 8 bridgehead atoms. The summed E-state index contributed by atoms with van der Waals surface area (Å²) in [5.41, 5.74) is -0.251. The fraction of sp³-hybridized carbons (Fsp3) is 0.765. The summed E-state index contributed by atoms with van der Waals surface area (Å²) in [6.45, 7) is 39.4. The van der Waals surface area contributed by atoms with Crippen molar-refractivity contribution < 1.29 is 86.5 Å². The van der Waals surface area contributed by atoms with Gasteiger partial charge in [-0.1, -0.05) is 97.0 Å². The van der Waals surface area contributed by atoms with Gasteiger partial charge in [0.05, 0.1) is 56.5 Å². The number of hydrogen-bond donors (Lipinski definition) is 2. The highest BCUT2D eigenvalue weighted by Gasteiger charge is 2.61. The molecule has 0 radical (unpaired) electrons. The summed E-state index contributed by atoms with van der Waals surface area (Å²) in [6, 6.07) is 16.6. The van der Waals surface area contributed by atoms with Crippen molar-refractivity contribution >= 4 is 47.8 Å². The molecule has 0 spiro atoms. The van der Waals surface area contributed by atoms with E-state index in [0.717, 1.165) is 109 Å². The first-order valence-electron chi connectivity index (χ1n) is 39.1. The Morgan fingerprint density at radius 3 is 1.07 bits per heavy atom. The first-order chi connectivity index (χ1) is 47.8. The number of carbonyl (C=O) groups excluding carboxylic acids is 8. The summed E-state index contributed by atoms with van der Waals surface area (Å²) in [5, 5.41) is 21.3. The second kappa shape index (κ2) is 32.7. The highest BCUT2D eigenvalue weighted by molar-refractivity contribution is 5.80. The van der Waals surface area contributed by atoms with Gasteiger partial charge in [0.2, 0.25) is 0 Å². The van der Waals surface area contributed by atoms with E-state index >= 15 is 0 Å². The van der Waals surface area contributed by atoms with E-state index in [2.05, 4.69) is 37.3 Å². The number of fused-ring (bicyclic) bond motifs is 2. The van der Waals surface area contributed by atoms with Crippen molar-refractivity contribution in [3.8, 4) is 0 Å². The molecule has 2 saturated heterocycles. The molecule has 18 heteroatoms. The molecule has 0 aromatic heterocycles. The van der Waals surface area contributed by atoms with Crippen LogP contribution >= 0.6 is 0 Å². The topological polar surface area (TPSA) is 251 Å². The summed E-state index contributed by atoms with van der Waals surface area (Å²) in [7, 11) is 0. The van der Waals surface area contributed by atoms with Crippen molar-refractivity contribution in [1.82, 2.24) is 0 Å². The molecule has 2 aliphatic heterocycles. The molecule has 103 heavy (non-hydrogen) atoms. The van der Waals surface area contributed by atoms with Gasteiger partial charge in [-0.25, -0.2) is 0 Å². The molecule has 18 nitrogen and oxygen atoms in total. The third kappa shape index (κ3) is 20.6. The number of hydrogen-bond acceptors (Lipinski definition) is 18. The first kappa shape index (κ1) is 84.4. The van der Waals surface area contributed by atoms with Gasteiger partial charge in [-0.3, -0.25) is 38.4 Å². The largest absolute Gasteiger partial charge is 0.462 e. The Labute approximate surface area is 616 Å². The Balaban J connectivity index is 0.000000174. The van der Waals surface area contributed by atoms with Crippen LogP contribution in [0.4, 0.5) is 0 Å². The highest BCUT2D eigenvalue weighted by atomic mass is 16.6. The molecule has 8 unspecified atom stereocenters. The predicted octanol–water partition coefficient (Wildman–Crippen LogP) is 16.7. The lowest BCUT2D eigenvalue weighted by Crippen LogP contribution is -2.61. The SMILES string of the molecule is CCC(C)(C)C(=O)OC1(C)CCc2ccccc21.CCC(C)(C)C(=O)OC1(CC)CCc2ccccc21.CCC(C)(C)C(=O)OC12CC3CC(CC(O)(C3)C1)C2.CCC(C)(C)C(=O)OC12CC3CC(CC(O)(C3)C1)C2.CCC(C)(C)C(=O)OC1COC(=O)C1.CCC(C)(C)C(=O)OC1COC(=O)C1. The number of carbonyl (C=O) groups is 8. The number of cyclic esters (lactones) is 2. The van der Waals surface area contributed by atoms with Gasteiger partial charge < -0.3 is 48.1 Å². The number of benzene rings is 2. The second-order valence-corrected chi connectivity index (χ2v) is 36.4. The van der Waals surface area contributed by atoms with Crippen LogP contribution in [0.1, 0.15) is 308 Å². The van der Waals surface area contributed by atoms with Gasteiger partial charge in [-0.05, 0) is 271 Å². The minimum atomic E-state index is -0.555. The van der Waals surface area contributed by atoms with E-state index in [1.54, 1.807) is 0 Å². The molecule has 2 heterocycles. The molecule has 2 aromatic carbocycles. The van der Waals surface area contributed by atoms with Crippen molar-refractivity contribution in [3.05, 3.63) is 70.8 Å². The van der Waals surface area contributed by atoms with E-state index in [9.17, 15) is 48.6 Å². The van der Waals surface area contributed by atoms with Crippen LogP contribution in [0.25, 0.3) is 0 Å². The number of aliphatic hydroxyl groups is 2. The molecular weight excluding hydrogens is 1310 g/mol. The fourth-order valence-corrected chi connectivity index (χ4v) is 16.5. The Morgan fingerprint density at radius 1 is 0.427 bits per heavy atom. The maximum Gasteiger partial charge on any atom is 0.312 e. The monoisotopic (exact) mass is 1440 g/mol. The van der Waals surface area contributed by atoms with Crippen LogP contribution in [0.3, 0.4) is 0 Å². The van der Waals surface area contributed by atoms with Crippen molar-refractivity contribution in [1.29, 1.82) is 0 Å². The summed E-state index contributed by atoms with van der Waals surface area (Å²) < 4.78 is 43.5. The normalized spacial score (nSPS) is 30.4. The van der Waals surface area contributed by atoms with E-state index < -0.39 is 54.9 Å². The Hall–Kier alpha value is -5.88. The Bertz CT molecular complexity index is 3180. The zero-order valence-electron chi connectivity index (χ0n) is 66.6. The third-order valence-corrected chi connectivity index (χ3v) is 25.3. The second-order valence-electron chi connectivity index (χ2n) is 36.4. The van der Waals surface area contributed by atoms with E-state index in [0.29, 0.717) is 49.4 Å². The van der Waals surface area contributed by atoms with Crippen molar-refractivity contribution in [3.63, 3.8) is 0 Å². The molecule has 10 fully saturated rings. The van der Waals surface area contributed by atoms with Gasteiger partial charge in [0, 0.05) is 12.8 Å². The minimum absolute atomic E-state index is 0.0754. The summed E-state index contributed by atoms with van der Waals surface area (Å²) in [6.07, 6.45) is 20.2. The lowest BCUT2D eigenvalue weighted by molar-refractivity contribution is -0.226. The summed E-state index contributed by atoms with van der Waals surface area (Å²) in [5.74, 6) is 0.792. The lowest BCUT2D eigenvalue weighted by Gasteiger charge is -2.59. The van der Waals surface area contributed by atoms with E-state index in [4.69, 9.17) is 37.9 Å². The van der Waals surface area contributed by atoms with Gasteiger partial charge in [0.15, 0.2) is 0 Å². The number of ether oxygens (including phenoxy) is 8. The lowest BCUT2D eigenvalue weighted by atomic mass is 9.52. The van der Waals surface area contributed by atoms with Crippen molar-refractivity contribution in [2.45, 2.75) is 345 Å². The van der Waals surface area contributed by atoms with E-state index in [-0.39, 0.29) is 97.2 Å². The average Bonchev–Trinajstić information content (AvgIpc) is 1.60. The minimum Gasteiger partial charge on any atom is -0.462 e. The van der Waals surface area contributed by atoms with Crippen molar-refractivity contribution in [2.24, 2.45) is 56.2 Å². The van der Waals surface area contributed by atoms with Crippen LogP contribution in [0.2, 0.25) is 0 Å². The molecule has 14 rings (SSSR count). The molecule has 8 atom stereocenters. The smallest absolute Gasteiger partial charge is 0.312 e. The zero-order chi connectivity index (χ0) is 76.8. The molecule has 2 aromatic rings. The molecule has 2 N–H and O–H groups in total. The van der Waals surface area contributed by atoms with Gasteiger partial charge in [0.1, 0.15) is 47.8 Å². The van der Waals surface area contributed by atoms with Gasteiger partial charge in [-0.15, -0.1) is 0 Å². The highest BCUT2D eigenvalue weighted by Crippen LogP contribution is 2.61. The number of rotatable bonds is 19. The summed E-state index contributed by atoms with van der Waals surface area (Å²) in [4.78, 5) is 94.0. The van der Waals surface area contributed by atoms with Gasteiger partial charge in [0.25, 0.3) is 0 Å². The van der Waals surface area contributed by atoms with E-state index in [1.165, 1.54) is 35.1 Å². The van der Waals surface area contributed by atoms with Crippen LogP contribution in [0, 0.1) is 56.2 Å². The van der Waals surface area contributed by atoms with E-state index in [1.807, 2.05) is 150 Å². The number of esters is 8. The standard InChI is InChI=1S/C17H24O2.2C16H26O3.C16H22O2.2C10H16O4/c1-5-16(3,4)15(18)19-17(6-2)12-11-13-9-7-8-10-14(13)17;2*1-4-14(2,3)13(17)19-16-8-11-5-12(9-16)7-15(18,6-11)10-16;1-5-15(2,3)14(17)18-16(4)11-10-12-8-6-7-9-13(12)16;2*1-4-10(2,3)9(12)14-7-5-8(11)13-6-7/h7-10H,5-6,11-12H2,1-4H3;2*11-12,18H,4-10H2,1-3H3;6-9H,5,10-11H2,1-4H3;2*7H,4-6H2,1-3H3. The number of aryl methyl sites for hydroxylation is 2. The van der Waals surface area contributed by atoms with Crippen molar-refractivity contribution in [2.75, 3.05) is 13.2 Å². The quantitative estimate of drug-likeness (QED) is 0.0979. The third-order valence-electron chi connectivity index (χ3n) is 25.3. The zero-order valence-corrected chi connectivity index (χ0v) is 66.6.